The number of carbonyl (C=O) groups excluding carboxylic acids is 1. The van der Waals surface area contributed by atoms with Gasteiger partial charge in [-0.05, 0) is 48.4 Å². The van der Waals surface area contributed by atoms with E-state index in [0.29, 0.717) is 26.2 Å². The highest BCUT2D eigenvalue weighted by Crippen LogP contribution is 2.34. The number of thiophene rings is 1. The van der Waals surface area contributed by atoms with Gasteiger partial charge in [-0.15, -0.1) is 11.3 Å². The normalized spacial score (nSPS) is 16.4. The summed E-state index contributed by atoms with van der Waals surface area (Å²) in [6.07, 6.45) is 2.76. The third-order valence-electron chi connectivity index (χ3n) is 3.93. The van der Waals surface area contributed by atoms with E-state index in [1.54, 1.807) is 11.3 Å². The van der Waals surface area contributed by atoms with Gasteiger partial charge >= 0.3 is 5.97 Å². The van der Waals surface area contributed by atoms with Crippen LogP contribution in [0.1, 0.15) is 35.8 Å². The van der Waals surface area contributed by atoms with Crippen LogP contribution in [0, 0.1) is 0 Å². The molecular weight excluding hydrogens is 324 g/mol. The summed E-state index contributed by atoms with van der Waals surface area (Å²) < 4.78 is 16.6. The molecule has 2 heterocycles. The van der Waals surface area contributed by atoms with E-state index in [-0.39, 0.29) is 12.1 Å². The van der Waals surface area contributed by atoms with Gasteiger partial charge in [0.1, 0.15) is 11.9 Å². The first-order valence-electron chi connectivity index (χ1n) is 8.34. The molecule has 0 radical (unpaired) electrons. The number of esters is 1. The molecule has 24 heavy (non-hydrogen) atoms. The van der Waals surface area contributed by atoms with E-state index in [4.69, 9.17) is 14.2 Å². The topological polar surface area (TPSA) is 44.8 Å². The van der Waals surface area contributed by atoms with Gasteiger partial charge in [0, 0.05) is 4.88 Å². The Morgan fingerprint density at radius 1 is 1.17 bits per heavy atom. The maximum Gasteiger partial charge on any atom is 0.308 e. The predicted molar refractivity (Wildman–Crippen MR) is 93.5 cm³/mol. The zero-order valence-electron chi connectivity index (χ0n) is 13.6. The molecule has 4 nitrogen and oxygen atoms in total. The fourth-order valence-electron chi connectivity index (χ4n) is 2.68. The highest BCUT2D eigenvalue weighted by molar-refractivity contribution is 7.10. The first kappa shape index (κ1) is 17.0. The minimum atomic E-state index is -0.190. The molecule has 0 N–H and O–H groups in total. The Balaban J connectivity index is 1.30. The molecule has 128 valence electrons. The average molecular weight is 346 g/mol. The molecule has 0 aliphatic carbocycles. The molecule has 0 amide bonds. The van der Waals surface area contributed by atoms with E-state index in [1.807, 2.05) is 30.3 Å². The van der Waals surface area contributed by atoms with Crippen molar-refractivity contribution in [3.05, 3.63) is 52.2 Å². The Bertz CT molecular complexity index is 638. The van der Waals surface area contributed by atoms with Crippen molar-refractivity contribution in [2.45, 2.75) is 31.8 Å². The first-order chi connectivity index (χ1) is 11.8. The minimum absolute atomic E-state index is 0.136. The van der Waals surface area contributed by atoms with Crippen LogP contribution in [-0.2, 0) is 20.7 Å². The van der Waals surface area contributed by atoms with Crippen LogP contribution in [0.3, 0.4) is 0 Å². The van der Waals surface area contributed by atoms with Crippen LogP contribution in [0.4, 0.5) is 0 Å². The molecule has 2 aromatic rings. The molecule has 3 rings (SSSR count). The Hall–Kier alpha value is -1.85. The van der Waals surface area contributed by atoms with E-state index in [2.05, 4.69) is 11.4 Å². The molecule has 0 saturated heterocycles. The molecule has 1 aliphatic rings. The second-order valence-electron chi connectivity index (χ2n) is 5.71. The molecule has 1 aliphatic heterocycles. The lowest BCUT2D eigenvalue weighted by atomic mass is 10.1. The van der Waals surface area contributed by atoms with Crippen molar-refractivity contribution in [2.75, 3.05) is 19.8 Å². The minimum Gasteiger partial charge on any atom is -0.494 e. The SMILES string of the molecule is O=C(C[C@H]1OCCc2ccsc21)OCCCCOc1ccccc1. The lowest BCUT2D eigenvalue weighted by Crippen LogP contribution is -2.18. The second-order valence-corrected chi connectivity index (χ2v) is 6.66. The van der Waals surface area contributed by atoms with E-state index < -0.39 is 0 Å². The molecule has 1 atom stereocenters. The predicted octanol–water partition coefficient (Wildman–Crippen LogP) is 4.15. The Kier molecular flexibility index (Phi) is 6.26. The van der Waals surface area contributed by atoms with Gasteiger partial charge in [0.15, 0.2) is 0 Å². The van der Waals surface area contributed by atoms with Crippen LogP contribution in [0.25, 0.3) is 0 Å². The van der Waals surface area contributed by atoms with Gasteiger partial charge in [0.2, 0.25) is 0 Å². The number of unbranched alkanes of at least 4 members (excludes halogenated alkanes) is 1. The summed E-state index contributed by atoms with van der Waals surface area (Å²) in [7, 11) is 0. The van der Waals surface area contributed by atoms with Crippen molar-refractivity contribution in [2.24, 2.45) is 0 Å². The monoisotopic (exact) mass is 346 g/mol. The lowest BCUT2D eigenvalue weighted by Gasteiger charge is -2.22. The van der Waals surface area contributed by atoms with Gasteiger partial charge in [0.25, 0.3) is 0 Å². The molecule has 0 spiro atoms. The highest BCUT2D eigenvalue weighted by Gasteiger charge is 2.25. The molecule has 5 heteroatoms. The van der Waals surface area contributed by atoms with Crippen LogP contribution in [0.2, 0.25) is 0 Å². The van der Waals surface area contributed by atoms with E-state index >= 15 is 0 Å². The zero-order valence-corrected chi connectivity index (χ0v) is 14.4. The molecule has 0 bridgehead atoms. The van der Waals surface area contributed by atoms with Crippen LogP contribution >= 0.6 is 11.3 Å². The lowest BCUT2D eigenvalue weighted by molar-refractivity contribution is -0.147. The van der Waals surface area contributed by atoms with Crippen molar-refractivity contribution in [3.63, 3.8) is 0 Å². The number of ether oxygens (including phenoxy) is 3. The first-order valence-corrected chi connectivity index (χ1v) is 9.22. The van der Waals surface area contributed by atoms with Gasteiger partial charge in [-0.1, -0.05) is 18.2 Å². The van der Waals surface area contributed by atoms with Crippen molar-refractivity contribution in [3.8, 4) is 5.75 Å². The molecular formula is C19H22O4S. The second kappa shape index (κ2) is 8.85. The number of carbonyl (C=O) groups is 1. The van der Waals surface area contributed by atoms with Gasteiger partial charge in [-0.25, -0.2) is 0 Å². The van der Waals surface area contributed by atoms with Crippen LogP contribution in [0.15, 0.2) is 41.8 Å². The summed E-state index contributed by atoms with van der Waals surface area (Å²) >= 11 is 1.66. The van der Waals surface area contributed by atoms with Crippen molar-refractivity contribution in [1.29, 1.82) is 0 Å². The molecule has 0 fully saturated rings. The van der Waals surface area contributed by atoms with Crippen LogP contribution in [0.5, 0.6) is 5.75 Å². The standard InChI is InChI=1S/C19H22O4S/c20-18(14-17-19-15(8-12-22-17)9-13-24-19)23-11-5-4-10-21-16-6-2-1-3-7-16/h1-3,6-7,9,13,17H,4-5,8,10-12,14H2/t17-/m1/s1. The third kappa shape index (κ3) is 4.82. The van der Waals surface area contributed by atoms with Crippen molar-refractivity contribution >= 4 is 17.3 Å². The van der Waals surface area contributed by atoms with Gasteiger partial charge in [-0.3, -0.25) is 4.79 Å². The fraction of sp³-hybridized carbons (Fsp3) is 0.421. The van der Waals surface area contributed by atoms with E-state index in [0.717, 1.165) is 25.0 Å². The van der Waals surface area contributed by atoms with Gasteiger partial charge in [-0.2, -0.15) is 0 Å². The fourth-order valence-corrected chi connectivity index (χ4v) is 3.69. The quantitative estimate of drug-likeness (QED) is 0.532. The van der Waals surface area contributed by atoms with Crippen LogP contribution in [-0.4, -0.2) is 25.8 Å². The largest absolute Gasteiger partial charge is 0.494 e. The summed E-state index contributed by atoms with van der Waals surface area (Å²) in [5.74, 6) is 0.681. The zero-order chi connectivity index (χ0) is 16.6. The summed E-state index contributed by atoms with van der Waals surface area (Å²) in [4.78, 5) is 13.1. The van der Waals surface area contributed by atoms with Gasteiger partial charge in [0.05, 0.1) is 26.2 Å². The number of benzene rings is 1. The number of hydrogen-bond acceptors (Lipinski definition) is 5. The van der Waals surface area contributed by atoms with E-state index in [1.165, 1.54) is 10.4 Å². The third-order valence-corrected chi connectivity index (χ3v) is 4.98. The summed E-state index contributed by atoms with van der Waals surface area (Å²) in [6, 6.07) is 11.8. The molecule has 1 aromatic heterocycles. The maximum absolute atomic E-state index is 12.0. The highest BCUT2D eigenvalue weighted by atomic mass is 32.1. The number of fused-ring (bicyclic) bond motifs is 1. The summed E-state index contributed by atoms with van der Waals surface area (Å²) in [5.41, 5.74) is 1.31. The molecule has 0 unspecified atom stereocenters. The maximum atomic E-state index is 12.0. The molecule has 0 saturated carbocycles. The van der Waals surface area contributed by atoms with Crippen molar-refractivity contribution in [1.82, 2.24) is 0 Å². The smallest absolute Gasteiger partial charge is 0.308 e. The van der Waals surface area contributed by atoms with Crippen LogP contribution < -0.4 is 4.74 Å². The average Bonchev–Trinajstić information content (AvgIpc) is 3.09. The Morgan fingerprint density at radius 2 is 2.00 bits per heavy atom. The number of hydrogen-bond donors (Lipinski definition) is 0. The van der Waals surface area contributed by atoms with E-state index in [9.17, 15) is 4.79 Å². The Labute approximate surface area is 146 Å². The Morgan fingerprint density at radius 3 is 2.88 bits per heavy atom. The summed E-state index contributed by atoms with van der Waals surface area (Å²) in [5, 5.41) is 2.06. The molecule has 1 aromatic carbocycles. The summed E-state index contributed by atoms with van der Waals surface area (Å²) in [6.45, 7) is 1.74. The number of rotatable bonds is 8. The van der Waals surface area contributed by atoms with Gasteiger partial charge < -0.3 is 14.2 Å². The van der Waals surface area contributed by atoms with Crippen molar-refractivity contribution < 1.29 is 19.0 Å². The number of para-hydroxylation sites is 1.